The molecule has 0 radical (unpaired) electrons. The van der Waals surface area contributed by atoms with E-state index in [1.165, 1.54) is 0 Å². The molecule has 1 aliphatic heterocycles. The summed E-state index contributed by atoms with van der Waals surface area (Å²) in [6.07, 6.45) is 2.00. The minimum atomic E-state index is -0.0773. The van der Waals surface area contributed by atoms with E-state index in [-0.39, 0.29) is 23.6 Å². The molecule has 0 bridgehead atoms. The maximum atomic E-state index is 12.1. The van der Waals surface area contributed by atoms with Gasteiger partial charge in [-0.15, -0.1) is 0 Å². The predicted octanol–water partition coefficient (Wildman–Crippen LogP) is 1.57. The first-order valence-electron chi connectivity index (χ1n) is 6.47. The number of hydrogen-bond acceptors (Lipinski definition) is 3. The van der Waals surface area contributed by atoms with Crippen molar-refractivity contribution < 1.29 is 9.90 Å². The van der Waals surface area contributed by atoms with Crippen LogP contribution in [-0.4, -0.2) is 24.1 Å². The van der Waals surface area contributed by atoms with Gasteiger partial charge in [-0.2, -0.15) is 0 Å². The fourth-order valence-electron chi connectivity index (χ4n) is 2.28. The van der Waals surface area contributed by atoms with Crippen molar-refractivity contribution in [3.05, 3.63) is 29.8 Å². The van der Waals surface area contributed by atoms with E-state index >= 15 is 0 Å². The van der Waals surface area contributed by atoms with Gasteiger partial charge in [-0.25, -0.2) is 0 Å². The van der Waals surface area contributed by atoms with Gasteiger partial charge in [0.25, 0.3) is 0 Å². The highest BCUT2D eigenvalue weighted by atomic mass is 16.3. The van der Waals surface area contributed by atoms with E-state index in [2.05, 4.69) is 10.6 Å². The fourth-order valence-corrected chi connectivity index (χ4v) is 2.28. The van der Waals surface area contributed by atoms with Crippen molar-refractivity contribution in [1.82, 2.24) is 10.6 Å². The lowest BCUT2D eigenvalue weighted by Gasteiger charge is -2.24. The number of hydrogen-bond donors (Lipinski definition) is 3. The highest BCUT2D eigenvalue weighted by Crippen LogP contribution is 2.19. The lowest BCUT2D eigenvalue weighted by atomic mass is 9.98. The zero-order chi connectivity index (χ0) is 13.0. The summed E-state index contributed by atoms with van der Waals surface area (Å²) in [7, 11) is 0. The van der Waals surface area contributed by atoms with E-state index in [0.717, 1.165) is 31.5 Å². The minimum Gasteiger partial charge on any atom is -0.508 e. The van der Waals surface area contributed by atoms with Gasteiger partial charge in [-0.05, 0) is 44.0 Å². The highest BCUT2D eigenvalue weighted by molar-refractivity contribution is 5.79. The number of aromatic hydroxyl groups is 1. The SMILES string of the molecule is CC(NC(=O)[C@@H]1CCCNC1)c1cccc(O)c1. The first kappa shape index (κ1) is 12.9. The molecular formula is C14H20N2O2. The van der Waals surface area contributed by atoms with Gasteiger partial charge < -0.3 is 15.7 Å². The van der Waals surface area contributed by atoms with E-state index in [1.807, 2.05) is 13.0 Å². The van der Waals surface area contributed by atoms with E-state index in [4.69, 9.17) is 0 Å². The molecule has 1 unspecified atom stereocenters. The molecule has 1 fully saturated rings. The van der Waals surface area contributed by atoms with E-state index < -0.39 is 0 Å². The van der Waals surface area contributed by atoms with E-state index in [0.29, 0.717) is 0 Å². The van der Waals surface area contributed by atoms with E-state index in [9.17, 15) is 9.90 Å². The molecule has 18 heavy (non-hydrogen) atoms. The number of carbonyl (C=O) groups is 1. The van der Waals surface area contributed by atoms with Crippen LogP contribution in [0.3, 0.4) is 0 Å². The van der Waals surface area contributed by atoms with Crippen molar-refractivity contribution in [2.45, 2.75) is 25.8 Å². The van der Waals surface area contributed by atoms with Crippen LogP contribution in [0.2, 0.25) is 0 Å². The lowest BCUT2D eigenvalue weighted by Crippen LogP contribution is -2.41. The number of nitrogens with one attached hydrogen (secondary N) is 2. The van der Waals surface area contributed by atoms with Crippen molar-refractivity contribution in [2.24, 2.45) is 5.92 Å². The van der Waals surface area contributed by atoms with Crippen LogP contribution in [0.25, 0.3) is 0 Å². The number of rotatable bonds is 3. The summed E-state index contributed by atoms with van der Waals surface area (Å²) in [6, 6.07) is 6.93. The van der Waals surface area contributed by atoms with Crippen molar-refractivity contribution in [1.29, 1.82) is 0 Å². The summed E-state index contributed by atoms with van der Waals surface area (Å²) in [6.45, 7) is 3.70. The standard InChI is InChI=1S/C14H20N2O2/c1-10(11-4-2-6-13(17)8-11)16-14(18)12-5-3-7-15-9-12/h2,4,6,8,10,12,15,17H,3,5,7,9H2,1H3,(H,16,18)/t10?,12-/m1/s1. The average Bonchev–Trinajstić information content (AvgIpc) is 2.39. The second-order valence-corrected chi connectivity index (χ2v) is 4.87. The van der Waals surface area contributed by atoms with Gasteiger partial charge in [0.15, 0.2) is 0 Å². The van der Waals surface area contributed by atoms with Gasteiger partial charge in [-0.1, -0.05) is 12.1 Å². The Morgan fingerprint density at radius 1 is 1.56 bits per heavy atom. The molecule has 1 saturated heterocycles. The average molecular weight is 248 g/mol. The van der Waals surface area contributed by atoms with Crippen LogP contribution in [-0.2, 0) is 4.79 Å². The topological polar surface area (TPSA) is 61.4 Å². The normalized spacial score (nSPS) is 21.3. The summed E-state index contributed by atoms with van der Waals surface area (Å²) in [5.41, 5.74) is 0.923. The van der Waals surface area contributed by atoms with Gasteiger partial charge >= 0.3 is 0 Å². The number of amides is 1. The second-order valence-electron chi connectivity index (χ2n) is 4.87. The predicted molar refractivity (Wildman–Crippen MR) is 70.3 cm³/mol. The Hall–Kier alpha value is -1.55. The molecule has 98 valence electrons. The quantitative estimate of drug-likeness (QED) is 0.761. The zero-order valence-corrected chi connectivity index (χ0v) is 10.6. The number of piperidine rings is 1. The summed E-state index contributed by atoms with van der Waals surface area (Å²) >= 11 is 0. The molecule has 0 aromatic heterocycles. The summed E-state index contributed by atoms with van der Waals surface area (Å²) in [4.78, 5) is 12.1. The molecule has 2 atom stereocenters. The molecule has 1 aromatic rings. The second kappa shape index (κ2) is 5.87. The Balaban J connectivity index is 1.94. The zero-order valence-electron chi connectivity index (χ0n) is 10.6. The third-order valence-electron chi connectivity index (χ3n) is 3.40. The van der Waals surface area contributed by atoms with Gasteiger partial charge in [0, 0.05) is 6.54 Å². The number of phenols is 1. The van der Waals surface area contributed by atoms with Crippen molar-refractivity contribution in [3.63, 3.8) is 0 Å². The maximum absolute atomic E-state index is 12.1. The first-order valence-corrected chi connectivity index (χ1v) is 6.47. The summed E-state index contributed by atoms with van der Waals surface area (Å²) < 4.78 is 0. The Labute approximate surface area is 107 Å². The van der Waals surface area contributed by atoms with Gasteiger partial charge in [-0.3, -0.25) is 4.79 Å². The highest BCUT2D eigenvalue weighted by Gasteiger charge is 2.22. The summed E-state index contributed by atoms with van der Waals surface area (Å²) in [5, 5.41) is 15.7. The number of phenolic OH excluding ortho intramolecular Hbond substituents is 1. The van der Waals surface area contributed by atoms with Crippen molar-refractivity contribution in [2.75, 3.05) is 13.1 Å². The summed E-state index contributed by atoms with van der Waals surface area (Å²) in [5.74, 6) is 0.393. The molecule has 0 spiro atoms. The molecule has 2 rings (SSSR count). The van der Waals surface area contributed by atoms with Gasteiger partial charge in [0.2, 0.25) is 5.91 Å². The molecule has 3 N–H and O–H groups in total. The smallest absolute Gasteiger partial charge is 0.224 e. The Morgan fingerprint density at radius 3 is 3.06 bits per heavy atom. The van der Waals surface area contributed by atoms with Gasteiger partial charge in [0.05, 0.1) is 12.0 Å². The van der Waals surface area contributed by atoms with Crippen LogP contribution < -0.4 is 10.6 Å². The van der Waals surface area contributed by atoms with Gasteiger partial charge in [0.1, 0.15) is 5.75 Å². The first-order chi connectivity index (χ1) is 8.66. The molecule has 1 aliphatic rings. The van der Waals surface area contributed by atoms with Crippen LogP contribution in [0, 0.1) is 5.92 Å². The van der Waals surface area contributed by atoms with Crippen molar-refractivity contribution in [3.8, 4) is 5.75 Å². The lowest BCUT2D eigenvalue weighted by molar-refractivity contribution is -0.126. The van der Waals surface area contributed by atoms with Crippen LogP contribution in [0.5, 0.6) is 5.75 Å². The Kier molecular flexibility index (Phi) is 4.20. The van der Waals surface area contributed by atoms with Crippen LogP contribution in [0.1, 0.15) is 31.4 Å². The molecular weight excluding hydrogens is 228 g/mol. The Bertz CT molecular complexity index is 414. The third kappa shape index (κ3) is 3.23. The van der Waals surface area contributed by atoms with Crippen LogP contribution in [0.4, 0.5) is 0 Å². The number of benzene rings is 1. The van der Waals surface area contributed by atoms with Crippen LogP contribution >= 0.6 is 0 Å². The molecule has 0 saturated carbocycles. The molecule has 0 aliphatic carbocycles. The maximum Gasteiger partial charge on any atom is 0.224 e. The molecule has 4 heteroatoms. The number of carbonyl (C=O) groups excluding carboxylic acids is 1. The van der Waals surface area contributed by atoms with E-state index in [1.54, 1.807) is 18.2 Å². The molecule has 1 amide bonds. The molecule has 1 aromatic carbocycles. The largest absolute Gasteiger partial charge is 0.508 e. The fraction of sp³-hybridized carbons (Fsp3) is 0.500. The molecule has 4 nitrogen and oxygen atoms in total. The monoisotopic (exact) mass is 248 g/mol. The van der Waals surface area contributed by atoms with Crippen molar-refractivity contribution >= 4 is 5.91 Å². The molecule has 1 heterocycles. The minimum absolute atomic E-state index is 0.0681. The van der Waals surface area contributed by atoms with Crippen LogP contribution in [0.15, 0.2) is 24.3 Å². The third-order valence-corrected chi connectivity index (χ3v) is 3.40. The Morgan fingerprint density at radius 2 is 2.39 bits per heavy atom.